The highest BCUT2D eigenvalue weighted by molar-refractivity contribution is 7.89. The number of hydrogen-bond acceptors (Lipinski definition) is 6. The number of aromatic nitrogens is 2. The maximum Gasteiger partial charge on any atom is 0.321 e. The number of aromatic amines is 1. The van der Waals surface area contributed by atoms with Crippen LogP contribution in [0.2, 0.25) is 0 Å². The Kier molecular flexibility index (Phi) is 5.57. The van der Waals surface area contributed by atoms with Crippen molar-refractivity contribution in [2.45, 2.75) is 18.4 Å². The summed E-state index contributed by atoms with van der Waals surface area (Å²) in [6.07, 6.45) is 0. The van der Waals surface area contributed by atoms with Crippen molar-refractivity contribution in [3.05, 3.63) is 70.3 Å². The molecule has 0 spiro atoms. The lowest BCUT2D eigenvalue weighted by Crippen LogP contribution is -2.33. The Labute approximate surface area is 161 Å². The van der Waals surface area contributed by atoms with Crippen LogP contribution in [0.3, 0.4) is 0 Å². The van der Waals surface area contributed by atoms with Crippen LogP contribution in [0.4, 0.5) is 0 Å². The summed E-state index contributed by atoms with van der Waals surface area (Å²) in [7, 11) is -2.51. The molecule has 0 saturated carbocycles. The summed E-state index contributed by atoms with van der Waals surface area (Å²) in [6, 6.07) is 13.1. The fourth-order valence-electron chi connectivity index (χ4n) is 2.55. The lowest BCUT2D eigenvalue weighted by atomic mass is 10.2. The molecular weight excluding hydrogens is 382 g/mol. The zero-order valence-corrected chi connectivity index (χ0v) is 16.2. The summed E-state index contributed by atoms with van der Waals surface area (Å²) < 4.78 is 31.0. The number of esters is 1. The maximum atomic E-state index is 12.5. The molecule has 0 unspecified atom stereocenters. The maximum absolute atomic E-state index is 12.5. The molecule has 8 nitrogen and oxygen atoms in total. The molecule has 2 aromatic carbocycles. The summed E-state index contributed by atoms with van der Waals surface area (Å²) in [5.74, 6) is -0.574. The van der Waals surface area contributed by atoms with Gasteiger partial charge in [-0.15, -0.1) is 0 Å². The van der Waals surface area contributed by atoms with Crippen LogP contribution >= 0.6 is 0 Å². The summed E-state index contributed by atoms with van der Waals surface area (Å²) in [4.78, 5) is 30.9. The van der Waals surface area contributed by atoms with E-state index in [-0.39, 0.29) is 22.9 Å². The number of rotatable bonds is 6. The van der Waals surface area contributed by atoms with E-state index in [1.165, 1.54) is 19.2 Å². The SMILES string of the molecule is Cc1ccc(S(=O)(=O)N(C)CC(=O)OCc2nc3ccccc3c(=O)[nH]2)cc1. The van der Waals surface area contributed by atoms with Crippen LogP contribution < -0.4 is 5.56 Å². The second-order valence-corrected chi connectivity index (χ2v) is 8.31. The average Bonchev–Trinajstić information content (AvgIpc) is 2.67. The zero-order valence-electron chi connectivity index (χ0n) is 15.4. The Morgan fingerprint density at radius 3 is 2.54 bits per heavy atom. The van der Waals surface area contributed by atoms with Crippen molar-refractivity contribution in [3.63, 3.8) is 0 Å². The summed E-state index contributed by atoms with van der Waals surface area (Å²) in [6.45, 7) is 1.12. The van der Waals surface area contributed by atoms with Crippen molar-refractivity contribution < 1.29 is 17.9 Å². The third kappa shape index (κ3) is 4.26. The minimum atomic E-state index is -3.81. The number of fused-ring (bicyclic) bond motifs is 1. The van der Waals surface area contributed by atoms with Crippen LogP contribution in [0, 0.1) is 6.92 Å². The smallest absolute Gasteiger partial charge is 0.321 e. The van der Waals surface area contributed by atoms with Crippen molar-refractivity contribution >= 4 is 26.9 Å². The number of carbonyl (C=O) groups is 1. The van der Waals surface area contributed by atoms with Crippen molar-refractivity contribution in [2.24, 2.45) is 0 Å². The monoisotopic (exact) mass is 401 g/mol. The number of para-hydroxylation sites is 1. The van der Waals surface area contributed by atoms with E-state index in [0.717, 1.165) is 9.87 Å². The van der Waals surface area contributed by atoms with E-state index >= 15 is 0 Å². The molecule has 0 atom stereocenters. The number of likely N-dealkylation sites (N-methyl/N-ethyl adjacent to an activating group) is 1. The molecule has 1 N–H and O–H groups in total. The fourth-order valence-corrected chi connectivity index (χ4v) is 3.67. The number of carbonyl (C=O) groups excluding carboxylic acids is 1. The third-order valence-electron chi connectivity index (χ3n) is 4.11. The summed E-state index contributed by atoms with van der Waals surface area (Å²) >= 11 is 0. The van der Waals surface area contributed by atoms with Gasteiger partial charge in [-0.3, -0.25) is 9.59 Å². The van der Waals surface area contributed by atoms with Gasteiger partial charge in [0.05, 0.1) is 15.8 Å². The van der Waals surface area contributed by atoms with Gasteiger partial charge in [-0.25, -0.2) is 13.4 Å². The van der Waals surface area contributed by atoms with Crippen LogP contribution in [0.1, 0.15) is 11.4 Å². The third-order valence-corrected chi connectivity index (χ3v) is 5.93. The second-order valence-electron chi connectivity index (χ2n) is 6.26. The predicted molar refractivity (Wildman–Crippen MR) is 103 cm³/mol. The first-order valence-corrected chi connectivity index (χ1v) is 9.88. The molecule has 0 aliphatic carbocycles. The van der Waals surface area contributed by atoms with Gasteiger partial charge in [0.25, 0.3) is 5.56 Å². The van der Waals surface area contributed by atoms with E-state index in [4.69, 9.17) is 4.74 Å². The predicted octanol–water partition coefficient (Wildman–Crippen LogP) is 1.60. The first-order valence-electron chi connectivity index (χ1n) is 8.44. The minimum Gasteiger partial charge on any atom is -0.457 e. The molecule has 1 heterocycles. The fraction of sp³-hybridized carbons (Fsp3) is 0.211. The van der Waals surface area contributed by atoms with Crippen LogP contribution in [0.5, 0.6) is 0 Å². The molecule has 3 rings (SSSR count). The lowest BCUT2D eigenvalue weighted by molar-refractivity contribution is -0.145. The molecule has 28 heavy (non-hydrogen) atoms. The van der Waals surface area contributed by atoms with E-state index in [1.54, 1.807) is 36.4 Å². The lowest BCUT2D eigenvalue weighted by Gasteiger charge is -2.16. The van der Waals surface area contributed by atoms with E-state index in [9.17, 15) is 18.0 Å². The van der Waals surface area contributed by atoms with Gasteiger partial charge in [0.1, 0.15) is 19.0 Å². The molecule has 1 aromatic heterocycles. The van der Waals surface area contributed by atoms with Gasteiger partial charge >= 0.3 is 5.97 Å². The first-order chi connectivity index (χ1) is 13.3. The van der Waals surface area contributed by atoms with Gasteiger partial charge in [-0.2, -0.15) is 4.31 Å². The van der Waals surface area contributed by atoms with E-state index in [0.29, 0.717) is 10.9 Å². The van der Waals surface area contributed by atoms with Crippen molar-refractivity contribution in [1.29, 1.82) is 0 Å². The number of ether oxygens (including phenoxy) is 1. The summed E-state index contributed by atoms with van der Waals surface area (Å²) in [5, 5.41) is 0.432. The minimum absolute atomic E-state index is 0.0916. The van der Waals surface area contributed by atoms with E-state index < -0.39 is 22.5 Å². The molecule has 0 radical (unpaired) electrons. The number of benzene rings is 2. The zero-order chi connectivity index (χ0) is 20.3. The molecular formula is C19H19N3O5S. The van der Waals surface area contributed by atoms with Crippen LogP contribution in [-0.2, 0) is 26.2 Å². The molecule has 0 aliphatic rings. The molecule has 3 aromatic rings. The summed E-state index contributed by atoms with van der Waals surface area (Å²) in [5.41, 5.74) is 1.07. The number of aryl methyl sites for hydroxylation is 1. The molecule has 0 aliphatic heterocycles. The van der Waals surface area contributed by atoms with Crippen LogP contribution in [0.15, 0.2) is 58.2 Å². The normalized spacial score (nSPS) is 11.7. The standard InChI is InChI=1S/C19H19N3O5S/c1-13-7-9-14(10-8-13)28(25,26)22(2)11-18(23)27-12-17-20-16-6-4-3-5-15(16)19(24)21-17/h3-10H,11-12H2,1-2H3,(H,20,21,24). The van der Waals surface area contributed by atoms with E-state index in [2.05, 4.69) is 9.97 Å². The first kappa shape index (κ1) is 19.7. The number of nitrogens with zero attached hydrogens (tertiary/aromatic N) is 2. The molecule has 0 amide bonds. The highest BCUT2D eigenvalue weighted by atomic mass is 32.2. The Morgan fingerprint density at radius 2 is 1.82 bits per heavy atom. The quantitative estimate of drug-likeness (QED) is 0.628. The molecule has 146 valence electrons. The van der Waals surface area contributed by atoms with Gasteiger partial charge in [-0.05, 0) is 31.2 Å². The Morgan fingerprint density at radius 1 is 1.14 bits per heavy atom. The van der Waals surface area contributed by atoms with Crippen molar-refractivity contribution in [1.82, 2.24) is 14.3 Å². The van der Waals surface area contributed by atoms with E-state index in [1.807, 2.05) is 6.92 Å². The Bertz CT molecular complexity index is 1170. The van der Waals surface area contributed by atoms with Crippen LogP contribution in [-0.4, -0.2) is 42.3 Å². The van der Waals surface area contributed by atoms with Crippen molar-refractivity contribution in [3.8, 4) is 0 Å². The molecule has 0 bridgehead atoms. The van der Waals surface area contributed by atoms with Gasteiger partial charge < -0.3 is 9.72 Å². The van der Waals surface area contributed by atoms with Gasteiger partial charge in [-0.1, -0.05) is 29.8 Å². The highest BCUT2D eigenvalue weighted by Crippen LogP contribution is 2.15. The van der Waals surface area contributed by atoms with Gasteiger partial charge in [0, 0.05) is 7.05 Å². The number of H-pyrrole nitrogens is 1. The molecule has 9 heteroatoms. The van der Waals surface area contributed by atoms with Gasteiger partial charge in [0.2, 0.25) is 10.0 Å². The number of sulfonamides is 1. The second kappa shape index (κ2) is 7.91. The van der Waals surface area contributed by atoms with Crippen molar-refractivity contribution in [2.75, 3.05) is 13.6 Å². The van der Waals surface area contributed by atoms with Crippen LogP contribution in [0.25, 0.3) is 10.9 Å². The molecule has 0 saturated heterocycles. The topological polar surface area (TPSA) is 109 Å². The van der Waals surface area contributed by atoms with Gasteiger partial charge in [0.15, 0.2) is 0 Å². The Hall–Kier alpha value is -3.04. The average molecular weight is 401 g/mol. The highest BCUT2D eigenvalue weighted by Gasteiger charge is 2.23. The number of nitrogens with one attached hydrogen (secondary N) is 1. The largest absolute Gasteiger partial charge is 0.457 e. The number of hydrogen-bond donors (Lipinski definition) is 1. The molecule has 0 fully saturated rings. The Balaban J connectivity index is 1.65.